The normalized spacial score (nSPS) is 13.0. The zero-order valence-electron chi connectivity index (χ0n) is 16.2. The summed E-state index contributed by atoms with van der Waals surface area (Å²) in [5.41, 5.74) is -0.240. The van der Waals surface area contributed by atoms with E-state index in [4.69, 9.17) is 0 Å². The summed E-state index contributed by atoms with van der Waals surface area (Å²) in [6.07, 6.45) is 1.78. The molecule has 2 atom stereocenters. The fraction of sp³-hybridized carbons (Fsp3) is 0.238. The summed E-state index contributed by atoms with van der Waals surface area (Å²) in [6, 6.07) is 13.1. The average Bonchev–Trinajstić information content (AvgIpc) is 2.73. The van der Waals surface area contributed by atoms with E-state index in [1.165, 1.54) is 11.8 Å². The largest absolute Gasteiger partial charge is 0.480 e. The Balaban J connectivity index is 2.09. The predicted molar refractivity (Wildman–Crippen MR) is 116 cm³/mol. The molecule has 1 amide bonds. The number of thioether (sulfide) groups is 1. The molecule has 0 unspecified atom stereocenters. The van der Waals surface area contributed by atoms with Crippen LogP contribution in [0.15, 0.2) is 64.2 Å². The number of nitrogens with zero attached hydrogens (tertiary/aromatic N) is 1. The third kappa shape index (κ3) is 4.62. The minimum atomic E-state index is -1.21. The molecule has 0 saturated heterocycles. The van der Waals surface area contributed by atoms with Gasteiger partial charge in [0, 0.05) is 12.2 Å². The van der Waals surface area contributed by atoms with Crippen LogP contribution < -0.4 is 16.6 Å². The van der Waals surface area contributed by atoms with E-state index in [9.17, 15) is 24.3 Å². The first-order valence-corrected chi connectivity index (χ1v) is 10.6. The molecule has 0 saturated carbocycles. The maximum absolute atomic E-state index is 13.1. The molecule has 0 aliphatic rings. The summed E-state index contributed by atoms with van der Waals surface area (Å²) in [6.45, 7) is 0. The highest BCUT2D eigenvalue weighted by Gasteiger charge is 2.29. The number of rotatable bonds is 8. The summed E-state index contributed by atoms with van der Waals surface area (Å²) in [5.74, 6) is -1.73. The Labute approximate surface area is 175 Å². The van der Waals surface area contributed by atoms with Crippen LogP contribution in [0.3, 0.4) is 0 Å². The molecule has 3 aromatic rings. The Morgan fingerprint density at radius 3 is 2.43 bits per heavy atom. The molecule has 0 radical (unpaired) electrons. The van der Waals surface area contributed by atoms with Gasteiger partial charge in [0.05, 0.1) is 10.9 Å². The van der Waals surface area contributed by atoms with Crippen LogP contribution in [0.5, 0.6) is 0 Å². The molecule has 0 aliphatic heterocycles. The van der Waals surface area contributed by atoms with Crippen molar-refractivity contribution < 1.29 is 14.7 Å². The predicted octanol–water partition coefficient (Wildman–Crippen LogP) is 1.41. The Hall–Kier alpha value is -3.33. The molecule has 3 rings (SSSR count). The molecule has 8 nitrogen and oxygen atoms in total. The number of hydrogen-bond acceptors (Lipinski definition) is 5. The van der Waals surface area contributed by atoms with Crippen molar-refractivity contribution in [2.45, 2.75) is 18.5 Å². The van der Waals surface area contributed by atoms with Crippen LogP contribution >= 0.6 is 11.8 Å². The molecule has 30 heavy (non-hydrogen) atoms. The molecule has 0 aliphatic carbocycles. The van der Waals surface area contributed by atoms with Crippen LogP contribution in [0.25, 0.3) is 10.9 Å². The molecule has 9 heteroatoms. The van der Waals surface area contributed by atoms with Crippen molar-refractivity contribution in [2.24, 2.45) is 0 Å². The van der Waals surface area contributed by atoms with Gasteiger partial charge in [-0.05, 0) is 24.0 Å². The Morgan fingerprint density at radius 2 is 1.77 bits per heavy atom. The number of carboxylic acids is 1. The zero-order chi connectivity index (χ0) is 21.7. The summed E-state index contributed by atoms with van der Waals surface area (Å²) in [7, 11) is 0. The highest BCUT2D eigenvalue weighted by Crippen LogP contribution is 2.14. The van der Waals surface area contributed by atoms with E-state index in [2.05, 4.69) is 10.3 Å². The fourth-order valence-electron chi connectivity index (χ4n) is 3.21. The number of nitrogens with one attached hydrogen (secondary N) is 2. The number of benzene rings is 2. The minimum Gasteiger partial charge on any atom is -0.480 e. The maximum Gasteiger partial charge on any atom is 0.329 e. The molecule has 3 N–H and O–H groups in total. The van der Waals surface area contributed by atoms with Crippen molar-refractivity contribution in [1.82, 2.24) is 14.9 Å². The number of H-pyrrole nitrogens is 1. The first-order chi connectivity index (χ1) is 14.4. The van der Waals surface area contributed by atoms with E-state index < -0.39 is 35.2 Å². The number of aromatic amines is 1. The Morgan fingerprint density at radius 1 is 1.10 bits per heavy atom. The van der Waals surface area contributed by atoms with Gasteiger partial charge >= 0.3 is 11.7 Å². The standard InChI is InChI=1S/C21H21N3O5S/c1-30-12-16(20(27)28)22-18(25)17(11-13-7-3-2-4-8-13)24-19(26)14-9-5-6-10-15(14)23-21(24)29/h2-10,16-17H,11-12H2,1H3,(H,22,25)(H,23,29)(H,27,28)/t16-,17+/m0/s1. The number of carboxylic acid groups (broad SMARTS) is 1. The SMILES string of the molecule is CSC[C@H](NC(=O)[C@@H](Cc1ccccc1)n1c(=O)[nH]c2ccccc2c1=O)C(=O)O. The van der Waals surface area contributed by atoms with Gasteiger partial charge in [0.15, 0.2) is 0 Å². The van der Waals surface area contributed by atoms with Gasteiger partial charge in [0.2, 0.25) is 5.91 Å². The van der Waals surface area contributed by atoms with Gasteiger partial charge in [-0.1, -0.05) is 42.5 Å². The summed E-state index contributed by atoms with van der Waals surface area (Å²) >= 11 is 1.27. The maximum atomic E-state index is 13.1. The van der Waals surface area contributed by atoms with E-state index in [1.807, 2.05) is 6.07 Å². The highest BCUT2D eigenvalue weighted by atomic mass is 32.2. The van der Waals surface area contributed by atoms with Gasteiger partial charge < -0.3 is 15.4 Å². The molecular weight excluding hydrogens is 406 g/mol. The van der Waals surface area contributed by atoms with Crippen molar-refractivity contribution in [2.75, 3.05) is 12.0 Å². The lowest BCUT2D eigenvalue weighted by atomic mass is 10.0. The minimum absolute atomic E-state index is 0.0552. The number of carbonyl (C=O) groups is 2. The third-order valence-corrected chi connectivity index (χ3v) is 5.34. The number of aromatic nitrogens is 2. The molecule has 156 valence electrons. The molecule has 0 spiro atoms. The molecule has 1 aromatic heterocycles. The van der Waals surface area contributed by atoms with E-state index >= 15 is 0 Å². The number of fused-ring (bicyclic) bond motifs is 1. The Bertz CT molecular complexity index is 1170. The van der Waals surface area contributed by atoms with Gasteiger partial charge in [-0.25, -0.2) is 14.2 Å². The number of carbonyl (C=O) groups excluding carboxylic acids is 1. The quantitative estimate of drug-likeness (QED) is 0.500. The third-order valence-electron chi connectivity index (χ3n) is 4.67. The monoisotopic (exact) mass is 427 g/mol. The number of hydrogen-bond donors (Lipinski definition) is 3. The molecular formula is C21H21N3O5S. The van der Waals surface area contributed by atoms with Crippen LogP contribution in [0.4, 0.5) is 0 Å². The molecule has 0 bridgehead atoms. The first kappa shape index (κ1) is 21.4. The van der Waals surface area contributed by atoms with Crippen LogP contribution in [-0.4, -0.2) is 44.6 Å². The van der Waals surface area contributed by atoms with Crippen LogP contribution in [0.2, 0.25) is 0 Å². The second kappa shape index (κ2) is 9.45. The molecule has 2 aromatic carbocycles. The molecule has 0 fully saturated rings. The van der Waals surface area contributed by atoms with Crippen molar-refractivity contribution in [3.63, 3.8) is 0 Å². The van der Waals surface area contributed by atoms with Crippen molar-refractivity contribution in [3.05, 3.63) is 81.0 Å². The summed E-state index contributed by atoms with van der Waals surface area (Å²) in [5, 5.41) is 12.1. The van der Waals surface area contributed by atoms with Gasteiger partial charge in [-0.2, -0.15) is 11.8 Å². The first-order valence-electron chi connectivity index (χ1n) is 9.22. The van der Waals surface area contributed by atoms with Gasteiger partial charge in [-0.15, -0.1) is 0 Å². The highest BCUT2D eigenvalue weighted by molar-refractivity contribution is 7.98. The van der Waals surface area contributed by atoms with E-state index in [0.29, 0.717) is 5.52 Å². The summed E-state index contributed by atoms with van der Waals surface area (Å²) < 4.78 is 0.864. The van der Waals surface area contributed by atoms with Gasteiger partial charge in [-0.3, -0.25) is 9.59 Å². The number of amides is 1. The topological polar surface area (TPSA) is 121 Å². The van der Waals surface area contributed by atoms with Crippen LogP contribution in [0.1, 0.15) is 11.6 Å². The second-order valence-corrected chi connectivity index (χ2v) is 7.62. The summed E-state index contributed by atoms with van der Waals surface area (Å²) in [4.78, 5) is 53.0. The lowest BCUT2D eigenvalue weighted by Crippen LogP contribution is -2.50. The lowest BCUT2D eigenvalue weighted by Gasteiger charge is -2.21. The van der Waals surface area contributed by atoms with Crippen molar-refractivity contribution in [3.8, 4) is 0 Å². The molecule has 1 heterocycles. The van der Waals surface area contributed by atoms with Gasteiger partial charge in [0.1, 0.15) is 12.1 Å². The smallest absolute Gasteiger partial charge is 0.329 e. The van der Waals surface area contributed by atoms with E-state index in [0.717, 1.165) is 10.1 Å². The van der Waals surface area contributed by atoms with E-state index in [1.54, 1.807) is 54.8 Å². The average molecular weight is 427 g/mol. The fourth-order valence-corrected chi connectivity index (χ4v) is 3.77. The van der Waals surface area contributed by atoms with Crippen LogP contribution in [-0.2, 0) is 16.0 Å². The second-order valence-electron chi connectivity index (χ2n) is 6.71. The number of aliphatic carboxylic acids is 1. The van der Waals surface area contributed by atoms with Gasteiger partial charge in [0.25, 0.3) is 5.56 Å². The lowest BCUT2D eigenvalue weighted by molar-refractivity contribution is -0.141. The van der Waals surface area contributed by atoms with Crippen molar-refractivity contribution in [1.29, 1.82) is 0 Å². The van der Waals surface area contributed by atoms with Crippen LogP contribution in [0, 0.1) is 0 Å². The van der Waals surface area contributed by atoms with Crippen molar-refractivity contribution >= 4 is 34.5 Å². The van der Waals surface area contributed by atoms with E-state index in [-0.39, 0.29) is 17.6 Å². The number of para-hydroxylation sites is 1. The Kier molecular flexibility index (Phi) is 6.73. The zero-order valence-corrected chi connectivity index (χ0v) is 17.0.